The maximum absolute atomic E-state index is 10.6. The first-order valence-electron chi connectivity index (χ1n) is 9.84. The number of piperidine rings is 1. The molecular formula is C19H27F3N4O3. The first-order chi connectivity index (χ1) is 13.7. The molecule has 3 heterocycles. The van der Waals surface area contributed by atoms with Crippen LogP contribution in [0.4, 0.5) is 19.0 Å². The van der Waals surface area contributed by atoms with Crippen LogP contribution >= 0.6 is 0 Å². The SMILES string of the molecule is CN(CC1COC2(CCCN(c3cnccn3)C2)C1)C1CC1.O=C(O)C(F)(F)F. The van der Waals surface area contributed by atoms with Gasteiger partial charge in [-0.2, -0.15) is 13.2 Å². The van der Waals surface area contributed by atoms with E-state index >= 15 is 0 Å². The fourth-order valence-corrected chi connectivity index (χ4v) is 4.16. The molecule has 1 aromatic heterocycles. The average Bonchev–Trinajstić information content (AvgIpc) is 3.47. The largest absolute Gasteiger partial charge is 0.490 e. The summed E-state index contributed by atoms with van der Waals surface area (Å²) >= 11 is 0. The Bertz CT molecular complexity index is 687. The standard InChI is InChI=1S/C17H26N4O.C2HF3O2/c1-20(15-3-4-15)11-14-9-17(22-12-14)5-2-8-21(13-17)16-10-18-6-7-19-16;3-2(4,5)1(6)7/h6-7,10,14-15H,2-5,8-9,11-13H2,1H3;(H,6,7). The molecular weight excluding hydrogens is 389 g/mol. The van der Waals surface area contributed by atoms with Crippen molar-refractivity contribution in [3.8, 4) is 0 Å². The minimum absolute atomic E-state index is 0.0465. The Morgan fingerprint density at radius 1 is 1.41 bits per heavy atom. The van der Waals surface area contributed by atoms with E-state index in [9.17, 15) is 13.2 Å². The van der Waals surface area contributed by atoms with Gasteiger partial charge in [-0.05, 0) is 45.1 Å². The third-order valence-electron chi connectivity index (χ3n) is 5.66. The number of aliphatic carboxylic acids is 1. The lowest BCUT2D eigenvalue weighted by atomic mass is 9.86. The fourth-order valence-electron chi connectivity index (χ4n) is 4.16. The molecule has 1 N–H and O–H groups in total. The number of carbonyl (C=O) groups is 1. The van der Waals surface area contributed by atoms with Gasteiger partial charge in [0.2, 0.25) is 0 Å². The highest BCUT2D eigenvalue weighted by atomic mass is 19.4. The number of rotatable bonds is 4. The van der Waals surface area contributed by atoms with Crippen LogP contribution in [-0.2, 0) is 9.53 Å². The fraction of sp³-hybridized carbons (Fsp3) is 0.737. The second-order valence-electron chi connectivity index (χ2n) is 8.13. The molecule has 2 saturated heterocycles. The quantitative estimate of drug-likeness (QED) is 0.808. The molecule has 0 aromatic carbocycles. The van der Waals surface area contributed by atoms with Crippen molar-refractivity contribution in [3.05, 3.63) is 18.6 Å². The number of anilines is 1. The van der Waals surface area contributed by atoms with Crippen LogP contribution in [0.3, 0.4) is 0 Å². The first-order valence-corrected chi connectivity index (χ1v) is 9.84. The van der Waals surface area contributed by atoms with Gasteiger partial charge in [-0.25, -0.2) is 9.78 Å². The zero-order chi connectivity index (χ0) is 21.1. The van der Waals surface area contributed by atoms with Crippen molar-refractivity contribution < 1.29 is 27.8 Å². The molecule has 3 aliphatic rings. The van der Waals surface area contributed by atoms with Crippen molar-refractivity contribution in [3.63, 3.8) is 0 Å². The molecule has 0 radical (unpaired) electrons. The number of alkyl halides is 3. The summed E-state index contributed by atoms with van der Waals surface area (Å²) in [4.78, 5) is 22.4. The van der Waals surface area contributed by atoms with Crippen molar-refractivity contribution in [2.45, 2.75) is 49.9 Å². The molecule has 10 heteroatoms. The van der Waals surface area contributed by atoms with Crippen molar-refractivity contribution in [2.24, 2.45) is 5.92 Å². The molecule has 0 amide bonds. The normalized spacial score (nSPS) is 27.1. The van der Waals surface area contributed by atoms with E-state index in [1.165, 1.54) is 38.6 Å². The number of ether oxygens (including phenoxy) is 1. The lowest BCUT2D eigenvalue weighted by Crippen LogP contribution is -2.48. The minimum Gasteiger partial charge on any atom is -0.475 e. The predicted octanol–water partition coefficient (Wildman–Crippen LogP) is 2.58. The minimum atomic E-state index is -5.08. The van der Waals surface area contributed by atoms with Crippen molar-refractivity contribution in [1.29, 1.82) is 0 Å². The van der Waals surface area contributed by atoms with Gasteiger partial charge in [0.1, 0.15) is 5.82 Å². The van der Waals surface area contributed by atoms with Gasteiger partial charge in [-0.1, -0.05) is 0 Å². The summed E-state index contributed by atoms with van der Waals surface area (Å²) < 4.78 is 38.1. The van der Waals surface area contributed by atoms with E-state index in [0.717, 1.165) is 31.6 Å². The van der Waals surface area contributed by atoms with Crippen LogP contribution in [0.25, 0.3) is 0 Å². The molecule has 2 atom stereocenters. The topological polar surface area (TPSA) is 78.8 Å². The van der Waals surface area contributed by atoms with Gasteiger partial charge in [-0.3, -0.25) is 4.98 Å². The summed E-state index contributed by atoms with van der Waals surface area (Å²) in [6, 6.07) is 0.846. The van der Waals surface area contributed by atoms with Gasteiger partial charge in [0.25, 0.3) is 0 Å². The van der Waals surface area contributed by atoms with Crippen molar-refractivity contribution in [2.75, 3.05) is 38.2 Å². The van der Waals surface area contributed by atoms with Gasteiger partial charge in [-0.15, -0.1) is 0 Å². The van der Waals surface area contributed by atoms with E-state index in [0.29, 0.717) is 5.92 Å². The van der Waals surface area contributed by atoms with Gasteiger partial charge in [0, 0.05) is 38.1 Å². The van der Waals surface area contributed by atoms with Gasteiger partial charge < -0.3 is 19.6 Å². The summed E-state index contributed by atoms with van der Waals surface area (Å²) in [7, 11) is 2.27. The lowest BCUT2D eigenvalue weighted by molar-refractivity contribution is -0.192. The Kier molecular flexibility index (Phi) is 6.62. The van der Waals surface area contributed by atoms with E-state index < -0.39 is 12.1 Å². The smallest absolute Gasteiger partial charge is 0.475 e. The summed E-state index contributed by atoms with van der Waals surface area (Å²) in [6.07, 6.45) is 6.63. The Morgan fingerprint density at radius 2 is 2.14 bits per heavy atom. The number of aromatic nitrogens is 2. The molecule has 1 saturated carbocycles. The monoisotopic (exact) mass is 416 g/mol. The molecule has 2 aliphatic heterocycles. The summed E-state index contributed by atoms with van der Waals surface area (Å²) in [6.45, 7) is 4.15. The van der Waals surface area contributed by atoms with Crippen LogP contribution in [0.2, 0.25) is 0 Å². The average molecular weight is 416 g/mol. The second-order valence-corrected chi connectivity index (χ2v) is 8.13. The van der Waals surface area contributed by atoms with Crippen LogP contribution in [0.1, 0.15) is 32.1 Å². The molecule has 162 valence electrons. The Labute approximate surface area is 167 Å². The number of hydrogen-bond donors (Lipinski definition) is 1. The predicted molar refractivity (Wildman–Crippen MR) is 99.6 cm³/mol. The summed E-state index contributed by atoms with van der Waals surface area (Å²) in [5, 5.41) is 7.12. The van der Waals surface area contributed by atoms with E-state index in [2.05, 4.69) is 26.8 Å². The molecule has 0 bridgehead atoms. The number of nitrogens with zero attached hydrogens (tertiary/aromatic N) is 4. The summed E-state index contributed by atoms with van der Waals surface area (Å²) in [5.74, 6) is -1.08. The first kappa shape index (κ1) is 21.8. The maximum Gasteiger partial charge on any atom is 0.490 e. The highest BCUT2D eigenvalue weighted by Crippen LogP contribution is 2.39. The van der Waals surface area contributed by atoms with E-state index in [-0.39, 0.29) is 5.60 Å². The Morgan fingerprint density at radius 3 is 2.72 bits per heavy atom. The molecule has 3 fully saturated rings. The molecule has 1 aliphatic carbocycles. The van der Waals surface area contributed by atoms with Crippen molar-refractivity contribution >= 4 is 11.8 Å². The van der Waals surface area contributed by atoms with Gasteiger partial charge in [0.05, 0.1) is 18.4 Å². The number of hydrogen-bond acceptors (Lipinski definition) is 6. The Balaban J connectivity index is 0.000000298. The highest BCUT2D eigenvalue weighted by molar-refractivity contribution is 5.73. The van der Waals surface area contributed by atoms with Crippen LogP contribution in [0, 0.1) is 5.92 Å². The van der Waals surface area contributed by atoms with Crippen molar-refractivity contribution in [1.82, 2.24) is 14.9 Å². The number of carboxylic acids is 1. The van der Waals surface area contributed by atoms with E-state index in [1.807, 2.05) is 6.20 Å². The molecule has 1 aromatic rings. The third kappa shape index (κ3) is 6.02. The van der Waals surface area contributed by atoms with Gasteiger partial charge >= 0.3 is 12.1 Å². The highest BCUT2D eigenvalue weighted by Gasteiger charge is 2.44. The molecule has 29 heavy (non-hydrogen) atoms. The molecule has 2 unspecified atom stereocenters. The summed E-state index contributed by atoms with van der Waals surface area (Å²) in [5.41, 5.74) is 0.0465. The van der Waals surface area contributed by atoms with E-state index in [4.69, 9.17) is 14.6 Å². The zero-order valence-electron chi connectivity index (χ0n) is 16.4. The van der Waals surface area contributed by atoms with Crippen LogP contribution < -0.4 is 4.90 Å². The van der Waals surface area contributed by atoms with E-state index in [1.54, 1.807) is 12.4 Å². The van der Waals surface area contributed by atoms with Crippen LogP contribution in [0.15, 0.2) is 18.6 Å². The van der Waals surface area contributed by atoms with Gasteiger partial charge in [0.15, 0.2) is 0 Å². The molecule has 4 rings (SSSR count). The Hall–Kier alpha value is -1.94. The maximum atomic E-state index is 10.6. The van der Waals surface area contributed by atoms with Crippen LogP contribution in [-0.4, -0.2) is 77.1 Å². The third-order valence-corrected chi connectivity index (χ3v) is 5.66. The second kappa shape index (κ2) is 8.83. The molecule has 7 nitrogen and oxygen atoms in total. The number of halogens is 3. The molecule has 1 spiro atoms. The lowest BCUT2D eigenvalue weighted by Gasteiger charge is -2.40. The zero-order valence-corrected chi connectivity index (χ0v) is 16.4. The number of carboxylic acid groups (broad SMARTS) is 1. The van der Waals surface area contributed by atoms with Crippen LogP contribution in [0.5, 0.6) is 0 Å².